The number of hydrogen-bond donors (Lipinski definition) is 2. The predicted octanol–water partition coefficient (Wildman–Crippen LogP) is 6.55. The van der Waals surface area contributed by atoms with Gasteiger partial charge in [0.25, 0.3) is 5.91 Å². The second kappa shape index (κ2) is 12.2. The lowest BCUT2D eigenvalue weighted by Gasteiger charge is -2.44. The monoisotopic (exact) mass is 612 g/mol. The molecule has 0 bridgehead atoms. The third-order valence-electron chi connectivity index (χ3n) is 6.97. The molecule has 1 fully saturated rings. The van der Waals surface area contributed by atoms with Gasteiger partial charge in [0.2, 0.25) is 10.0 Å². The zero-order chi connectivity index (χ0) is 29.1. The average molecular weight is 614 g/mol. The highest BCUT2D eigenvalue weighted by molar-refractivity contribution is 7.92. The molecule has 0 radical (unpaired) electrons. The molecule has 5 rings (SSSR count). The molecule has 1 aliphatic heterocycles. The number of nitrogens with one attached hydrogen (secondary N) is 2. The van der Waals surface area contributed by atoms with Crippen LogP contribution < -0.4 is 10.0 Å². The van der Waals surface area contributed by atoms with Crippen molar-refractivity contribution in [2.24, 2.45) is 5.92 Å². The number of rotatable bonds is 9. The van der Waals surface area contributed by atoms with Crippen molar-refractivity contribution < 1.29 is 17.6 Å². The molecule has 0 saturated carbocycles. The van der Waals surface area contributed by atoms with E-state index in [4.69, 9.17) is 23.2 Å². The van der Waals surface area contributed by atoms with Gasteiger partial charge in [0, 0.05) is 40.8 Å². The van der Waals surface area contributed by atoms with E-state index in [1.807, 2.05) is 48.5 Å². The van der Waals surface area contributed by atoms with E-state index in [0.29, 0.717) is 34.5 Å². The van der Waals surface area contributed by atoms with Crippen LogP contribution in [0.5, 0.6) is 0 Å². The number of anilines is 2. The molecule has 0 atom stereocenters. The van der Waals surface area contributed by atoms with Crippen LogP contribution in [0.25, 0.3) is 0 Å². The van der Waals surface area contributed by atoms with Gasteiger partial charge in [-0.25, -0.2) is 17.8 Å². The van der Waals surface area contributed by atoms with Gasteiger partial charge in [0.15, 0.2) is 0 Å². The fourth-order valence-electron chi connectivity index (χ4n) is 4.99. The molecular weight excluding hydrogens is 586 g/mol. The van der Waals surface area contributed by atoms with Gasteiger partial charge >= 0.3 is 0 Å². The summed E-state index contributed by atoms with van der Waals surface area (Å²) in [7, 11) is -3.85. The summed E-state index contributed by atoms with van der Waals surface area (Å²) < 4.78 is 43.3. The Morgan fingerprint density at radius 2 is 1.61 bits per heavy atom. The number of carbonyl (C=O) groups excluding carboxylic acids is 1. The maximum atomic E-state index is 14.5. The summed E-state index contributed by atoms with van der Waals surface area (Å²) in [5, 5.41) is 3.86. The number of hydrogen-bond acceptors (Lipinski definition) is 5. The first-order valence-corrected chi connectivity index (χ1v) is 15.3. The number of halogens is 3. The van der Waals surface area contributed by atoms with Gasteiger partial charge in [0.05, 0.1) is 17.5 Å². The largest absolute Gasteiger partial charge is 0.307 e. The van der Waals surface area contributed by atoms with Gasteiger partial charge in [-0.1, -0.05) is 53.5 Å². The Bertz CT molecular complexity index is 1600. The van der Waals surface area contributed by atoms with Gasteiger partial charge in [-0.3, -0.25) is 14.4 Å². The topological polar surface area (TPSA) is 91.4 Å². The Hall–Kier alpha value is -3.50. The molecule has 212 valence electrons. The minimum absolute atomic E-state index is 0.0111. The van der Waals surface area contributed by atoms with Crippen molar-refractivity contribution in [3.05, 3.63) is 123 Å². The number of nitrogens with zero attached hydrogens (tertiary/aromatic N) is 2. The van der Waals surface area contributed by atoms with Crippen LogP contribution in [-0.4, -0.2) is 43.1 Å². The smallest absolute Gasteiger partial charge is 0.257 e. The predicted molar refractivity (Wildman–Crippen MR) is 161 cm³/mol. The molecule has 0 spiro atoms. The summed E-state index contributed by atoms with van der Waals surface area (Å²) in [5.74, 6) is -1.32. The molecular formula is C30H27Cl2FN4O3S. The van der Waals surface area contributed by atoms with Crippen molar-refractivity contribution >= 4 is 50.6 Å². The van der Waals surface area contributed by atoms with E-state index < -0.39 is 21.7 Å². The molecule has 4 aromatic rings. The summed E-state index contributed by atoms with van der Waals surface area (Å²) in [6.07, 6.45) is 1.52. The number of amides is 1. The Kier molecular flexibility index (Phi) is 8.60. The van der Waals surface area contributed by atoms with E-state index in [1.54, 1.807) is 25.1 Å². The van der Waals surface area contributed by atoms with E-state index >= 15 is 0 Å². The molecule has 0 unspecified atom stereocenters. The van der Waals surface area contributed by atoms with Crippen molar-refractivity contribution in [3.8, 4) is 0 Å². The molecule has 0 aliphatic carbocycles. The highest BCUT2D eigenvalue weighted by atomic mass is 35.5. The van der Waals surface area contributed by atoms with E-state index in [9.17, 15) is 17.6 Å². The Morgan fingerprint density at radius 3 is 2.17 bits per heavy atom. The Labute approximate surface area is 248 Å². The van der Waals surface area contributed by atoms with Gasteiger partial charge in [0.1, 0.15) is 11.6 Å². The van der Waals surface area contributed by atoms with Gasteiger partial charge in [-0.2, -0.15) is 0 Å². The second-order valence-corrected chi connectivity index (χ2v) is 12.6. The molecule has 2 heterocycles. The number of pyridine rings is 1. The van der Waals surface area contributed by atoms with Gasteiger partial charge in [-0.15, -0.1) is 0 Å². The summed E-state index contributed by atoms with van der Waals surface area (Å²) in [6, 6.07) is 22.2. The maximum absolute atomic E-state index is 14.5. The number of benzene rings is 3. The van der Waals surface area contributed by atoms with Crippen molar-refractivity contribution in [2.45, 2.75) is 13.0 Å². The molecule has 1 aliphatic rings. The molecule has 1 amide bonds. The lowest BCUT2D eigenvalue weighted by molar-refractivity contribution is 0.0813. The fourth-order valence-corrected chi connectivity index (χ4v) is 6.70. The lowest BCUT2D eigenvalue weighted by atomic mass is 9.91. The van der Waals surface area contributed by atoms with Crippen LogP contribution in [0.15, 0.2) is 85.1 Å². The SMILES string of the molecule is Cc1c(NS(=O)(=O)CC2CN(C(c3ccc(Cl)cc3)c3ccc(Cl)cc3)C2)cc(F)cc1C(=O)Nc1ccccn1. The highest BCUT2D eigenvalue weighted by Gasteiger charge is 2.36. The maximum Gasteiger partial charge on any atom is 0.257 e. The molecule has 1 aromatic heterocycles. The molecule has 3 aromatic carbocycles. The van der Waals surface area contributed by atoms with Gasteiger partial charge in [-0.05, 0) is 72.1 Å². The average Bonchev–Trinajstić information content (AvgIpc) is 2.91. The van der Waals surface area contributed by atoms with E-state index in [0.717, 1.165) is 23.3 Å². The van der Waals surface area contributed by atoms with E-state index in [2.05, 4.69) is 19.9 Å². The Morgan fingerprint density at radius 1 is 1.00 bits per heavy atom. The van der Waals surface area contributed by atoms with Crippen molar-refractivity contribution in [1.29, 1.82) is 0 Å². The number of carbonyl (C=O) groups is 1. The van der Waals surface area contributed by atoms with E-state index in [1.165, 1.54) is 6.20 Å². The molecule has 11 heteroatoms. The quantitative estimate of drug-likeness (QED) is 0.224. The number of likely N-dealkylation sites (tertiary alicyclic amines) is 1. The molecule has 7 nitrogen and oxygen atoms in total. The summed E-state index contributed by atoms with van der Waals surface area (Å²) in [6.45, 7) is 2.64. The Balaban J connectivity index is 1.28. The summed E-state index contributed by atoms with van der Waals surface area (Å²) >= 11 is 12.2. The zero-order valence-corrected chi connectivity index (χ0v) is 24.3. The summed E-state index contributed by atoms with van der Waals surface area (Å²) in [5.41, 5.74) is 2.40. The number of aromatic nitrogens is 1. The minimum Gasteiger partial charge on any atom is -0.307 e. The molecule has 2 N–H and O–H groups in total. The summed E-state index contributed by atoms with van der Waals surface area (Å²) in [4.78, 5) is 19.0. The number of sulfonamides is 1. The van der Waals surface area contributed by atoms with Crippen LogP contribution in [-0.2, 0) is 10.0 Å². The first-order valence-electron chi connectivity index (χ1n) is 12.9. The van der Waals surface area contributed by atoms with Crippen LogP contribution in [0.3, 0.4) is 0 Å². The third kappa shape index (κ3) is 7.05. The highest BCUT2D eigenvalue weighted by Crippen LogP contribution is 2.36. The molecule has 41 heavy (non-hydrogen) atoms. The molecule has 1 saturated heterocycles. The van der Waals surface area contributed by atoms with Crippen LogP contribution in [0.4, 0.5) is 15.9 Å². The van der Waals surface area contributed by atoms with Gasteiger partial charge < -0.3 is 5.32 Å². The van der Waals surface area contributed by atoms with E-state index in [-0.39, 0.29) is 29.0 Å². The standard InChI is InChI=1S/C30H27Cl2FN4O3S/c1-19-26(30(38)35-28-4-2-3-13-34-28)14-25(33)15-27(19)36-41(39,40)18-20-16-37(17-20)29(21-5-9-23(31)10-6-21)22-7-11-24(32)12-8-22/h2-15,20,29,36H,16-18H2,1H3,(H,34,35,38). The van der Waals surface area contributed by atoms with Crippen molar-refractivity contribution in [1.82, 2.24) is 9.88 Å². The van der Waals surface area contributed by atoms with Crippen LogP contribution >= 0.6 is 23.2 Å². The van der Waals surface area contributed by atoms with Crippen LogP contribution in [0.2, 0.25) is 10.0 Å². The van der Waals surface area contributed by atoms with Crippen molar-refractivity contribution in [2.75, 3.05) is 28.9 Å². The van der Waals surface area contributed by atoms with Crippen LogP contribution in [0.1, 0.15) is 33.1 Å². The zero-order valence-electron chi connectivity index (χ0n) is 22.0. The van der Waals surface area contributed by atoms with Crippen molar-refractivity contribution in [3.63, 3.8) is 0 Å². The first kappa shape index (κ1) is 29.0. The normalized spacial score (nSPS) is 14.1. The first-order chi connectivity index (χ1) is 19.6. The third-order valence-corrected chi connectivity index (χ3v) is 8.91. The second-order valence-electron chi connectivity index (χ2n) is 10.0. The fraction of sp³-hybridized carbons (Fsp3) is 0.200. The minimum atomic E-state index is -3.85. The van der Waals surface area contributed by atoms with Crippen LogP contribution in [0, 0.1) is 18.7 Å². The lowest BCUT2D eigenvalue weighted by Crippen LogP contribution is -2.51.